The number of hydrogen-bond acceptors (Lipinski definition) is 6. The van der Waals surface area contributed by atoms with E-state index in [4.69, 9.17) is 5.26 Å². The summed E-state index contributed by atoms with van der Waals surface area (Å²) in [6.45, 7) is 2.00. The van der Waals surface area contributed by atoms with E-state index in [0.29, 0.717) is 24.6 Å². The van der Waals surface area contributed by atoms with E-state index < -0.39 is 5.60 Å². The van der Waals surface area contributed by atoms with Gasteiger partial charge in [-0.25, -0.2) is 9.97 Å². The molecule has 1 aliphatic heterocycles. The molecule has 1 aromatic heterocycles. The topological polar surface area (TPSA) is 76.3 Å². The van der Waals surface area contributed by atoms with Crippen LogP contribution in [0.15, 0.2) is 12.4 Å². The van der Waals surface area contributed by atoms with Crippen LogP contribution in [0, 0.1) is 11.3 Å². The first-order valence-corrected chi connectivity index (χ1v) is 6.37. The number of hydrogen-bond donors (Lipinski definition) is 1. The van der Waals surface area contributed by atoms with Crippen LogP contribution >= 0.6 is 0 Å². The van der Waals surface area contributed by atoms with E-state index in [1.807, 2.05) is 30.0 Å². The Labute approximate surface area is 113 Å². The summed E-state index contributed by atoms with van der Waals surface area (Å²) in [7, 11) is 3.91. The van der Waals surface area contributed by atoms with Gasteiger partial charge in [0.05, 0.1) is 5.60 Å². The number of piperidine rings is 1. The van der Waals surface area contributed by atoms with Gasteiger partial charge in [-0.15, -0.1) is 0 Å². The predicted octanol–water partition coefficient (Wildman–Crippen LogP) is 0.241. The van der Waals surface area contributed by atoms with Crippen LogP contribution in [0.4, 0.5) is 5.82 Å². The van der Waals surface area contributed by atoms with Crippen molar-refractivity contribution in [1.29, 1.82) is 5.26 Å². The van der Waals surface area contributed by atoms with Crippen molar-refractivity contribution in [3.05, 3.63) is 18.1 Å². The highest BCUT2D eigenvalue weighted by Crippen LogP contribution is 2.25. The summed E-state index contributed by atoms with van der Waals surface area (Å²) in [6, 6.07) is 3.68. The Morgan fingerprint density at radius 1 is 1.53 bits per heavy atom. The van der Waals surface area contributed by atoms with Crippen molar-refractivity contribution in [2.45, 2.75) is 18.4 Å². The molecule has 6 heteroatoms. The van der Waals surface area contributed by atoms with Crippen LogP contribution in [0.3, 0.4) is 0 Å². The minimum atomic E-state index is -0.723. The van der Waals surface area contributed by atoms with Gasteiger partial charge in [-0.3, -0.25) is 0 Å². The number of likely N-dealkylation sites (N-methyl/N-ethyl adjacent to an activating group) is 1. The Bertz CT molecular complexity index is 484. The molecule has 6 nitrogen and oxygen atoms in total. The Kier molecular flexibility index (Phi) is 3.98. The van der Waals surface area contributed by atoms with Crippen LogP contribution in [-0.4, -0.2) is 59.3 Å². The highest BCUT2D eigenvalue weighted by molar-refractivity contribution is 5.43. The highest BCUT2D eigenvalue weighted by Gasteiger charge is 2.34. The molecule has 0 bridgehead atoms. The molecule has 0 spiro atoms. The lowest BCUT2D eigenvalue weighted by Gasteiger charge is -2.41. The monoisotopic (exact) mass is 261 g/mol. The van der Waals surface area contributed by atoms with E-state index in [9.17, 15) is 5.11 Å². The Morgan fingerprint density at radius 2 is 2.32 bits per heavy atom. The highest BCUT2D eigenvalue weighted by atomic mass is 16.3. The summed E-state index contributed by atoms with van der Waals surface area (Å²) < 4.78 is 0. The first kappa shape index (κ1) is 13.7. The summed E-state index contributed by atoms with van der Waals surface area (Å²) >= 11 is 0. The Hall–Kier alpha value is -1.71. The van der Waals surface area contributed by atoms with Crippen LogP contribution < -0.4 is 4.90 Å². The number of aromatic nitrogens is 2. The van der Waals surface area contributed by atoms with E-state index >= 15 is 0 Å². The van der Waals surface area contributed by atoms with Gasteiger partial charge in [0.1, 0.15) is 23.9 Å². The zero-order chi connectivity index (χ0) is 13.9. The third kappa shape index (κ3) is 3.40. The SMILES string of the molecule is CN(C)CC1(O)CCCN(c2cc(C#N)ncn2)C1. The normalized spacial score (nSPS) is 23.4. The quantitative estimate of drug-likeness (QED) is 0.840. The number of nitrogens with zero attached hydrogens (tertiary/aromatic N) is 5. The van der Waals surface area contributed by atoms with Crippen molar-refractivity contribution in [2.75, 3.05) is 38.6 Å². The van der Waals surface area contributed by atoms with Gasteiger partial charge in [-0.1, -0.05) is 0 Å². The molecule has 0 amide bonds. The molecule has 1 aromatic rings. The molecule has 0 aromatic carbocycles. The minimum Gasteiger partial charge on any atom is -0.387 e. The first-order chi connectivity index (χ1) is 9.02. The molecule has 1 aliphatic rings. The van der Waals surface area contributed by atoms with Crippen LogP contribution in [0.25, 0.3) is 0 Å². The maximum atomic E-state index is 10.6. The molecule has 1 saturated heterocycles. The molecule has 1 atom stereocenters. The van der Waals surface area contributed by atoms with E-state index in [1.54, 1.807) is 6.07 Å². The second kappa shape index (κ2) is 5.51. The molecule has 1 unspecified atom stereocenters. The molecule has 0 aliphatic carbocycles. The van der Waals surface area contributed by atoms with Gasteiger partial charge in [0.25, 0.3) is 0 Å². The molecule has 0 saturated carbocycles. The lowest BCUT2D eigenvalue weighted by molar-refractivity contribution is 0.00352. The van der Waals surface area contributed by atoms with Crippen molar-refractivity contribution < 1.29 is 5.11 Å². The second-order valence-electron chi connectivity index (χ2n) is 5.36. The van der Waals surface area contributed by atoms with Gasteiger partial charge in [0, 0.05) is 25.7 Å². The van der Waals surface area contributed by atoms with Crippen LogP contribution in [-0.2, 0) is 0 Å². The number of β-amino-alcohol motifs (C(OH)–C–C–N with tert-alkyl or cyclic N) is 1. The molecule has 102 valence electrons. The van der Waals surface area contributed by atoms with Gasteiger partial charge in [-0.05, 0) is 26.9 Å². The largest absolute Gasteiger partial charge is 0.387 e. The third-order valence-electron chi connectivity index (χ3n) is 3.26. The van der Waals surface area contributed by atoms with Crippen molar-refractivity contribution in [2.24, 2.45) is 0 Å². The van der Waals surface area contributed by atoms with Gasteiger partial charge in [0.2, 0.25) is 0 Å². The fourth-order valence-corrected chi connectivity index (χ4v) is 2.61. The third-order valence-corrected chi connectivity index (χ3v) is 3.26. The lowest BCUT2D eigenvalue weighted by Crippen LogP contribution is -2.53. The van der Waals surface area contributed by atoms with Gasteiger partial charge in [0.15, 0.2) is 0 Å². The van der Waals surface area contributed by atoms with E-state index in [1.165, 1.54) is 6.33 Å². The number of aliphatic hydroxyl groups is 1. The summed E-state index contributed by atoms with van der Waals surface area (Å²) in [6.07, 6.45) is 3.10. The van der Waals surface area contributed by atoms with E-state index in [0.717, 1.165) is 19.4 Å². The molecule has 1 fully saturated rings. The fourth-order valence-electron chi connectivity index (χ4n) is 2.61. The maximum absolute atomic E-state index is 10.6. The summed E-state index contributed by atoms with van der Waals surface area (Å²) in [5, 5.41) is 19.5. The maximum Gasteiger partial charge on any atom is 0.145 e. The Balaban J connectivity index is 2.14. The van der Waals surface area contributed by atoms with Gasteiger partial charge >= 0.3 is 0 Å². The standard InChI is InChI=1S/C13H19N5O/c1-17(2)8-13(19)4-3-5-18(9-13)12-6-11(7-14)15-10-16-12/h6,10,19H,3-5,8-9H2,1-2H3. The molecule has 2 heterocycles. The summed E-state index contributed by atoms with van der Waals surface area (Å²) in [5.41, 5.74) is -0.369. The predicted molar refractivity (Wildman–Crippen MR) is 71.7 cm³/mol. The lowest BCUT2D eigenvalue weighted by atomic mass is 9.92. The summed E-state index contributed by atoms with van der Waals surface area (Å²) in [4.78, 5) is 12.1. The minimum absolute atomic E-state index is 0.353. The van der Waals surface area contributed by atoms with Gasteiger partial charge < -0.3 is 14.9 Å². The van der Waals surface area contributed by atoms with E-state index in [-0.39, 0.29) is 0 Å². The van der Waals surface area contributed by atoms with Crippen molar-refractivity contribution >= 4 is 5.82 Å². The first-order valence-electron chi connectivity index (χ1n) is 6.37. The van der Waals surface area contributed by atoms with Crippen molar-refractivity contribution in [3.8, 4) is 6.07 Å². The van der Waals surface area contributed by atoms with Crippen LogP contribution in [0.1, 0.15) is 18.5 Å². The average molecular weight is 261 g/mol. The fraction of sp³-hybridized carbons (Fsp3) is 0.615. The molecule has 1 N–H and O–H groups in total. The van der Waals surface area contributed by atoms with Crippen LogP contribution in [0.2, 0.25) is 0 Å². The zero-order valence-corrected chi connectivity index (χ0v) is 11.4. The molecule has 0 radical (unpaired) electrons. The smallest absolute Gasteiger partial charge is 0.145 e. The van der Waals surface area contributed by atoms with Crippen molar-refractivity contribution in [1.82, 2.24) is 14.9 Å². The average Bonchev–Trinajstić information content (AvgIpc) is 2.37. The second-order valence-corrected chi connectivity index (χ2v) is 5.36. The number of anilines is 1. The zero-order valence-electron chi connectivity index (χ0n) is 11.4. The summed E-state index contributed by atoms with van der Waals surface area (Å²) in [5.74, 6) is 0.712. The van der Waals surface area contributed by atoms with Crippen LogP contribution in [0.5, 0.6) is 0 Å². The molecular weight excluding hydrogens is 242 g/mol. The number of nitriles is 1. The molecule has 2 rings (SSSR count). The van der Waals surface area contributed by atoms with Gasteiger partial charge in [-0.2, -0.15) is 5.26 Å². The van der Waals surface area contributed by atoms with Crippen molar-refractivity contribution in [3.63, 3.8) is 0 Å². The Morgan fingerprint density at radius 3 is 3.00 bits per heavy atom. The number of rotatable bonds is 3. The van der Waals surface area contributed by atoms with E-state index in [2.05, 4.69) is 9.97 Å². The molecular formula is C13H19N5O. The molecule has 19 heavy (non-hydrogen) atoms.